The summed E-state index contributed by atoms with van der Waals surface area (Å²) in [5, 5.41) is 0. The Bertz CT molecular complexity index is 349. The van der Waals surface area contributed by atoms with Crippen LogP contribution in [0.2, 0.25) is 0 Å². The number of nitrogens with zero attached hydrogens (tertiary/aromatic N) is 2. The molecule has 2 rings (SSSR count). The smallest absolute Gasteiger partial charge is 0.235 e. The van der Waals surface area contributed by atoms with Crippen molar-refractivity contribution in [1.29, 1.82) is 0 Å². The minimum absolute atomic E-state index is 0.0219. The van der Waals surface area contributed by atoms with Gasteiger partial charge in [0.25, 0.3) is 0 Å². The van der Waals surface area contributed by atoms with Gasteiger partial charge < -0.3 is 0 Å². The van der Waals surface area contributed by atoms with Gasteiger partial charge in [0.05, 0.1) is 5.92 Å². The highest BCUT2D eigenvalue weighted by atomic mass is 16.2. The fourth-order valence-electron chi connectivity index (χ4n) is 1.83. The van der Waals surface area contributed by atoms with Crippen molar-refractivity contribution in [1.82, 2.24) is 4.98 Å². The van der Waals surface area contributed by atoms with Crippen LogP contribution in [0, 0.1) is 0 Å². The van der Waals surface area contributed by atoms with E-state index in [9.17, 15) is 4.79 Å². The Morgan fingerprint density at radius 2 is 2.38 bits per heavy atom. The van der Waals surface area contributed by atoms with Crippen LogP contribution < -0.4 is 4.90 Å². The molecule has 1 aliphatic rings. The summed E-state index contributed by atoms with van der Waals surface area (Å²) in [5.41, 5.74) is 1.07. The lowest BCUT2D eigenvalue weighted by Gasteiger charge is -2.08. The van der Waals surface area contributed by atoms with Gasteiger partial charge in [0.15, 0.2) is 0 Å². The molecule has 1 aliphatic heterocycles. The summed E-state index contributed by atoms with van der Waals surface area (Å²) in [7, 11) is 1.78. The van der Waals surface area contributed by atoms with Crippen molar-refractivity contribution in [2.75, 3.05) is 11.9 Å². The molecular weight excluding hydrogens is 164 g/mol. The fraction of sp³-hybridized carbons (Fsp3) is 0.400. The van der Waals surface area contributed by atoms with Crippen LogP contribution in [-0.4, -0.2) is 17.9 Å². The first-order valence-electron chi connectivity index (χ1n) is 4.48. The van der Waals surface area contributed by atoms with Crippen LogP contribution in [0.1, 0.15) is 24.8 Å². The first kappa shape index (κ1) is 8.23. The second-order valence-electron chi connectivity index (χ2n) is 3.27. The molecule has 0 saturated heterocycles. The minimum Gasteiger partial charge on any atom is -0.299 e. The lowest BCUT2D eigenvalue weighted by molar-refractivity contribution is -0.119. The second kappa shape index (κ2) is 2.83. The van der Waals surface area contributed by atoms with E-state index in [0.717, 1.165) is 17.8 Å². The van der Waals surface area contributed by atoms with E-state index in [1.54, 1.807) is 18.1 Å². The molecular formula is C10H12N2O. The quantitative estimate of drug-likeness (QED) is 0.650. The SMILES string of the molecule is CCC1C(=O)N(C)c2ncccc21. The number of likely N-dealkylation sites (N-methyl/N-ethyl adjacent to an activating group) is 1. The molecule has 1 amide bonds. The van der Waals surface area contributed by atoms with Gasteiger partial charge in [-0.3, -0.25) is 9.69 Å². The van der Waals surface area contributed by atoms with Gasteiger partial charge in [0, 0.05) is 18.8 Å². The molecule has 1 aromatic rings. The van der Waals surface area contributed by atoms with E-state index < -0.39 is 0 Å². The summed E-state index contributed by atoms with van der Waals surface area (Å²) < 4.78 is 0. The summed E-state index contributed by atoms with van der Waals surface area (Å²) in [6.45, 7) is 2.03. The van der Waals surface area contributed by atoms with E-state index in [1.165, 1.54) is 0 Å². The van der Waals surface area contributed by atoms with Crippen molar-refractivity contribution in [2.45, 2.75) is 19.3 Å². The molecule has 3 heteroatoms. The van der Waals surface area contributed by atoms with Gasteiger partial charge >= 0.3 is 0 Å². The van der Waals surface area contributed by atoms with Crippen LogP contribution in [0.25, 0.3) is 0 Å². The Kier molecular flexibility index (Phi) is 1.79. The summed E-state index contributed by atoms with van der Waals surface area (Å²) in [4.78, 5) is 17.5. The van der Waals surface area contributed by atoms with Crippen LogP contribution in [0.4, 0.5) is 5.82 Å². The Labute approximate surface area is 77.4 Å². The van der Waals surface area contributed by atoms with Crippen molar-refractivity contribution in [3.05, 3.63) is 23.9 Å². The Hall–Kier alpha value is -1.38. The molecule has 2 heterocycles. The number of aromatic nitrogens is 1. The average molecular weight is 176 g/mol. The van der Waals surface area contributed by atoms with Crippen molar-refractivity contribution in [2.24, 2.45) is 0 Å². The standard InChI is InChI=1S/C10H12N2O/c1-3-7-8-5-4-6-11-9(8)12(2)10(7)13/h4-7H,3H2,1-2H3. The average Bonchev–Trinajstić information content (AvgIpc) is 2.41. The predicted octanol–water partition coefficient (Wildman–Crippen LogP) is 1.55. The van der Waals surface area contributed by atoms with Gasteiger partial charge in [-0.05, 0) is 12.5 Å². The maximum absolute atomic E-state index is 11.7. The summed E-state index contributed by atoms with van der Waals surface area (Å²) in [5.74, 6) is 1.00. The van der Waals surface area contributed by atoms with E-state index in [1.807, 2.05) is 19.1 Å². The molecule has 0 spiro atoms. The monoisotopic (exact) mass is 176 g/mol. The third kappa shape index (κ3) is 1.03. The van der Waals surface area contributed by atoms with Crippen LogP contribution in [0.3, 0.4) is 0 Å². The van der Waals surface area contributed by atoms with Crippen molar-refractivity contribution >= 4 is 11.7 Å². The van der Waals surface area contributed by atoms with Gasteiger partial charge in [0.1, 0.15) is 5.82 Å². The summed E-state index contributed by atoms with van der Waals surface area (Å²) in [6, 6.07) is 3.87. The van der Waals surface area contributed by atoms with Crippen LogP contribution >= 0.6 is 0 Å². The molecule has 0 radical (unpaired) electrons. The Morgan fingerprint density at radius 1 is 1.62 bits per heavy atom. The number of pyridine rings is 1. The topological polar surface area (TPSA) is 33.2 Å². The van der Waals surface area contributed by atoms with Gasteiger partial charge in [-0.1, -0.05) is 13.0 Å². The largest absolute Gasteiger partial charge is 0.299 e. The van der Waals surface area contributed by atoms with Crippen LogP contribution in [0.15, 0.2) is 18.3 Å². The number of anilines is 1. The third-order valence-corrected chi connectivity index (χ3v) is 2.55. The molecule has 0 fully saturated rings. The van der Waals surface area contributed by atoms with E-state index >= 15 is 0 Å². The normalized spacial score (nSPS) is 20.6. The van der Waals surface area contributed by atoms with Crippen molar-refractivity contribution < 1.29 is 4.79 Å². The molecule has 0 bridgehead atoms. The van der Waals surface area contributed by atoms with Crippen molar-refractivity contribution in [3.8, 4) is 0 Å². The van der Waals surface area contributed by atoms with E-state index in [-0.39, 0.29) is 11.8 Å². The molecule has 0 N–H and O–H groups in total. The van der Waals surface area contributed by atoms with E-state index in [4.69, 9.17) is 0 Å². The van der Waals surface area contributed by atoms with Gasteiger partial charge in [-0.25, -0.2) is 4.98 Å². The zero-order valence-corrected chi connectivity index (χ0v) is 7.82. The molecule has 68 valence electrons. The molecule has 3 nitrogen and oxygen atoms in total. The number of rotatable bonds is 1. The highest BCUT2D eigenvalue weighted by Gasteiger charge is 2.34. The summed E-state index contributed by atoms with van der Waals surface area (Å²) in [6.07, 6.45) is 2.57. The maximum Gasteiger partial charge on any atom is 0.235 e. The Morgan fingerprint density at radius 3 is 3.08 bits per heavy atom. The highest BCUT2D eigenvalue weighted by Crippen LogP contribution is 2.35. The number of carbonyl (C=O) groups excluding carboxylic acids is 1. The molecule has 1 aromatic heterocycles. The molecule has 0 aromatic carbocycles. The van der Waals surface area contributed by atoms with Gasteiger partial charge in [0.2, 0.25) is 5.91 Å². The van der Waals surface area contributed by atoms with Gasteiger partial charge in [-0.15, -0.1) is 0 Å². The number of fused-ring (bicyclic) bond motifs is 1. The number of hydrogen-bond acceptors (Lipinski definition) is 2. The lowest BCUT2D eigenvalue weighted by Crippen LogP contribution is -2.24. The van der Waals surface area contributed by atoms with Gasteiger partial charge in [-0.2, -0.15) is 0 Å². The minimum atomic E-state index is 0.0219. The van der Waals surface area contributed by atoms with E-state index in [2.05, 4.69) is 4.98 Å². The molecule has 0 saturated carbocycles. The van der Waals surface area contributed by atoms with Crippen LogP contribution in [0.5, 0.6) is 0 Å². The first-order valence-corrected chi connectivity index (χ1v) is 4.48. The fourth-order valence-corrected chi connectivity index (χ4v) is 1.83. The zero-order chi connectivity index (χ0) is 9.42. The molecule has 1 unspecified atom stereocenters. The number of carbonyl (C=O) groups is 1. The zero-order valence-electron chi connectivity index (χ0n) is 7.82. The first-order chi connectivity index (χ1) is 6.25. The van der Waals surface area contributed by atoms with E-state index in [0.29, 0.717) is 0 Å². The number of amides is 1. The number of hydrogen-bond donors (Lipinski definition) is 0. The lowest BCUT2D eigenvalue weighted by atomic mass is 10.0. The van der Waals surface area contributed by atoms with Crippen molar-refractivity contribution in [3.63, 3.8) is 0 Å². The second-order valence-corrected chi connectivity index (χ2v) is 3.27. The van der Waals surface area contributed by atoms with Crippen LogP contribution in [-0.2, 0) is 4.79 Å². The molecule has 0 aliphatic carbocycles. The highest BCUT2D eigenvalue weighted by molar-refractivity contribution is 6.03. The summed E-state index contributed by atoms with van der Waals surface area (Å²) >= 11 is 0. The Balaban J connectivity index is 2.53. The predicted molar refractivity (Wildman–Crippen MR) is 50.7 cm³/mol. The molecule has 13 heavy (non-hydrogen) atoms. The maximum atomic E-state index is 11.7. The third-order valence-electron chi connectivity index (χ3n) is 2.55. The molecule has 1 atom stereocenters.